The molecule has 2 aromatic carbocycles. The van der Waals surface area contributed by atoms with Crippen molar-refractivity contribution in [2.75, 3.05) is 13.1 Å². The van der Waals surface area contributed by atoms with Gasteiger partial charge in [0.05, 0.1) is 5.54 Å². The summed E-state index contributed by atoms with van der Waals surface area (Å²) in [5.74, 6) is -3.13. The molecular formula is C30H33F3N4O4. The monoisotopic (exact) mass is 570 g/mol. The van der Waals surface area contributed by atoms with Crippen molar-refractivity contribution in [1.29, 1.82) is 0 Å². The van der Waals surface area contributed by atoms with E-state index in [0.717, 1.165) is 29.3 Å². The Morgan fingerprint density at radius 3 is 2.32 bits per heavy atom. The number of aliphatic carboxylic acids is 1. The Kier molecular flexibility index (Phi) is 8.30. The number of hydrogen-bond donors (Lipinski definition) is 4. The topological polar surface area (TPSA) is 129 Å². The van der Waals surface area contributed by atoms with Crippen molar-refractivity contribution in [2.24, 2.45) is 5.73 Å². The van der Waals surface area contributed by atoms with Crippen LogP contribution in [0.2, 0.25) is 0 Å². The lowest BCUT2D eigenvalue weighted by Gasteiger charge is -2.40. The number of piperidine rings is 1. The minimum Gasteiger partial charge on any atom is -0.475 e. The molecule has 5 rings (SSSR count). The molecular weight excluding hydrogens is 537 g/mol. The van der Waals surface area contributed by atoms with Gasteiger partial charge < -0.3 is 26.0 Å². The highest BCUT2D eigenvalue weighted by Crippen LogP contribution is 2.43. The van der Waals surface area contributed by atoms with Gasteiger partial charge in [-0.2, -0.15) is 13.2 Å². The molecule has 1 aliphatic carbocycles. The van der Waals surface area contributed by atoms with E-state index in [1.807, 2.05) is 35.4 Å². The molecule has 2 aliphatic rings. The third kappa shape index (κ3) is 6.62. The lowest BCUT2D eigenvalue weighted by atomic mass is 9.74. The number of fused-ring (bicyclic) bond motifs is 3. The average molecular weight is 571 g/mol. The van der Waals surface area contributed by atoms with Crippen molar-refractivity contribution >= 4 is 34.8 Å². The third-order valence-electron chi connectivity index (χ3n) is 7.58. The normalized spacial score (nSPS) is 16.6. The Morgan fingerprint density at radius 1 is 1.07 bits per heavy atom. The number of alkyl halides is 3. The number of allylic oxidation sites excluding steroid dienone is 1. The van der Waals surface area contributed by atoms with E-state index in [9.17, 15) is 22.8 Å². The van der Waals surface area contributed by atoms with Gasteiger partial charge in [0.25, 0.3) is 0 Å². The summed E-state index contributed by atoms with van der Waals surface area (Å²) in [7, 11) is 0. The van der Waals surface area contributed by atoms with E-state index >= 15 is 0 Å². The number of hydrogen-bond acceptors (Lipinski definition) is 4. The van der Waals surface area contributed by atoms with Crippen molar-refractivity contribution < 1.29 is 32.7 Å². The number of H-pyrrole nitrogens is 1. The summed E-state index contributed by atoms with van der Waals surface area (Å²) in [4.78, 5) is 40.6. The van der Waals surface area contributed by atoms with Crippen LogP contribution in [0, 0.1) is 0 Å². The van der Waals surface area contributed by atoms with Crippen LogP contribution in [0.25, 0.3) is 17.0 Å². The predicted molar refractivity (Wildman–Crippen MR) is 149 cm³/mol. The van der Waals surface area contributed by atoms with E-state index in [2.05, 4.69) is 46.7 Å². The number of nitrogens with one attached hydrogen (secondary N) is 2. The maximum absolute atomic E-state index is 13.7. The molecule has 2 amide bonds. The molecule has 1 spiro atoms. The van der Waals surface area contributed by atoms with E-state index in [4.69, 9.17) is 15.6 Å². The summed E-state index contributed by atoms with van der Waals surface area (Å²) < 4.78 is 31.7. The van der Waals surface area contributed by atoms with Gasteiger partial charge in [0.2, 0.25) is 11.8 Å². The molecule has 1 atom stereocenters. The zero-order valence-electron chi connectivity index (χ0n) is 22.8. The molecule has 0 saturated carbocycles. The number of nitrogens with two attached hydrogens (primary N) is 1. The molecule has 0 bridgehead atoms. The van der Waals surface area contributed by atoms with Crippen LogP contribution in [0.15, 0.2) is 60.8 Å². The number of para-hydroxylation sites is 1. The fourth-order valence-electron chi connectivity index (χ4n) is 5.28. The fourth-order valence-corrected chi connectivity index (χ4v) is 5.28. The minimum absolute atomic E-state index is 0.00219. The summed E-state index contributed by atoms with van der Waals surface area (Å²) in [6, 6.07) is 15.8. The molecule has 2 heterocycles. The molecule has 1 saturated heterocycles. The number of likely N-dealkylation sites (tertiary alicyclic amines) is 1. The van der Waals surface area contributed by atoms with Crippen LogP contribution in [0.3, 0.4) is 0 Å². The number of carbonyl (C=O) groups is 3. The number of aromatic amines is 1. The second-order valence-electron chi connectivity index (χ2n) is 11.0. The summed E-state index contributed by atoms with van der Waals surface area (Å²) in [6.45, 7) is 4.63. The fraction of sp³-hybridized carbons (Fsp3) is 0.367. The summed E-state index contributed by atoms with van der Waals surface area (Å²) >= 11 is 0. The number of nitrogens with zero attached hydrogens (tertiary/aromatic N) is 1. The first-order valence-electron chi connectivity index (χ1n) is 13.2. The number of rotatable bonds is 5. The molecule has 218 valence electrons. The van der Waals surface area contributed by atoms with Crippen molar-refractivity contribution in [3.8, 4) is 0 Å². The predicted octanol–water partition coefficient (Wildman–Crippen LogP) is 4.15. The highest BCUT2D eigenvalue weighted by Gasteiger charge is 2.41. The van der Waals surface area contributed by atoms with E-state index in [0.29, 0.717) is 19.5 Å². The Balaban J connectivity index is 0.000000493. The first-order valence-corrected chi connectivity index (χ1v) is 13.2. The van der Waals surface area contributed by atoms with Crippen LogP contribution in [0.4, 0.5) is 13.2 Å². The van der Waals surface area contributed by atoms with Crippen molar-refractivity contribution in [2.45, 2.75) is 56.3 Å². The number of amides is 2. The zero-order valence-corrected chi connectivity index (χ0v) is 22.8. The quantitative estimate of drug-likeness (QED) is 0.366. The standard InChI is InChI=1S/C28H32N4O2.C2HF3O2/c1-27(2,29)26(34)31-24(17-20-18-30-23-10-6-4-8-21(20)23)25(33)32-15-13-28(14-16-32)12-11-19-7-3-5-9-22(19)28;3-2(4,5)1(6)7/h3-12,18,24,30H,13-17,29H2,1-2H3,(H,31,34);(H,6,7). The van der Waals surface area contributed by atoms with Crippen LogP contribution in [-0.4, -0.2) is 63.6 Å². The number of carboxylic acids is 1. The molecule has 8 nitrogen and oxygen atoms in total. The van der Waals surface area contributed by atoms with Gasteiger partial charge in [-0.3, -0.25) is 9.59 Å². The number of benzene rings is 2. The summed E-state index contributed by atoms with van der Waals surface area (Å²) in [6.07, 6.45) is 3.52. The molecule has 0 radical (unpaired) electrons. The largest absolute Gasteiger partial charge is 0.490 e. The lowest BCUT2D eigenvalue weighted by molar-refractivity contribution is -0.192. The van der Waals surface area contributed by atoms with Gasteiger partial charge in [-0.05, 0) is 49.4 Å². The molecule has 1 aromatic heterocycles. The van der Waals surface area contributed by atoms with E-state index in [1.165, 1.54) is 11.1 Å². The highest BCUT2D eigenvalue weighted by atomic mass is 19.4. The van der Waals surface area contributed by atoms with Gasteiger partial charge in [0.15, 0.2) is 0 Å². The van der Waals surface area contributed by atoms with Crippen LogP contribution < -0.4 is 11.1 Å². The van der Waals surface area contributed by atoms with Crippen LogP contribution in [0.1, 0.15) is 43.4 Å². The van der Waals surface area contributed by atoms with E-state index in [-0.39, 0.29) is 17.2 Å². The highest BCUT2D eigenvalue weighted by molar-refractivity contribution is 5.92. The Bertz CT molecular complexity index is 1460. The molecule has 1 unspecified atom stereocenters. The van der Waals surface area contributed by atoms with Gasteiger partial charge in [0.1, 0.15) is 6.04 Å². The van der Waals surface area contributed by atoms with Crippen LogP contribution >= 0.6 is 0 Å². The molecule has 11 heteroatoms. The summed E-state index contributed by atoms with van der Waals surface area (Å²) in [5.41, 5.74) is 9.63. The maximum Gasteiger partial charge on any atom is 0.490 e. The Morgan fingerprint density at radius 2 is 1.68 bits per heavy atom. The summed E-state index contributed by atoms with van der Waals surface area (Å²) in [5, 5.41) is 11.1. The van der Waals surface area contributed by atoms with Crippen molar-refractivity contribution in [3.63, 3.8) is 0 Å². The van der Waals surface area contributed by atoms with Crippen molar-refractivity contribution in [1.82, 2.24) is 15.2 Å². The zero-order chi connectivity index (χ0) is 30.0. The first-order chi connectivity index (χ1) is 19.2. The number of aromatic nitrogens is 1. The molecule has 3 aromatic rings. The molecule has 41 heavy (non-hydrogen) atoms. The number of carbonyl (C=O) groups excluding carboxylic acids is 2. The Hall–Kier alpha value is -4.12. The smallest absolute Gasteiger partial charge is 0.475 e. The van der Waals surface area contributed by atoms with Gasteiger partial charge >= 0.3 is 12.1 Å². The lowest BCUT2D eigenvalue weighted by Crippen LogP contribution is -2.58. The molecule has 1 fully saturated rings. The first kappa shape index (κ1) is 29.9. The van der Waals surface area contributed by atoms with E-state index < -0.39 is 23.7 Å². The third-order valence-corrected chi connectivity index (χ3v) is 7.58. The average Bonchev–Trinajstić information content (AvgIpc) is 3.49. The van der Waals surface area contributed by atoms with Gasteiger partial charge in [-0.1, -0.05) is 54.6 Å². The van der Waals surface area contributed by atoms with Gasteiger partial charge in [-0.25, -0.2) is 4.79 Å². The maximum atomic E-state index is 13.7. The molecule has 5 N–H and O–H groups in total. The van der Waals surface area contributed by atoms with Gasteiger partial charge in [-0.15, -0.1) is 0 Å². The number of carboxylic acid groups (broad SMARTS) is 1. The minimum atomic E-state index is -5.08. The van der Waals surface area contributed by atoms with Crippen LogP contribution in [-0.2, 0) is 26.2 Å². The van der Waals surface area contributed by atoms with Crippen LogP contribution in [0.5, 0.6) is 0 Å². The number of halogens is 3. The molecule has 1 aliphatic heterocycles. The van der Waals surface area contributed by atoms with Crippen molar-refractivity contribution in [3.05, 3.63) is 77.5 Å². The second kappa shape index (κ2) is 11.4. The SMILES string of the molecule is CC(C)(N)C(=O)NC(Cc1c[nH]c2ccccc12)C(=O)N1CCC2(C=Cc3ccccc32)CC1.O=C(O)C(F)(F)F. The van der Waals surface area contributed by atoms with E-state index in [1.54, 1.807) is 13.8 Å². The second-order valence-corrected chi connectivity index (χ2v) is 11.0. The Labute approximate surface area is 235 Å². The van der Waals surface area contributed by atoms with Gasteiger partial charge in [0, 0.05) is 42.0 Å².